The molecule has 2 heterocycles. The average molecular weight is 324 g/mol. The van der Waals surface area contributed by atoms with E-state index in [1.165, 1.54) is 0 Å². The number of carbonyl (C=O) groups excluding carboxylic acids is 1. The highest BCUT2D eigenvalue weighted by Gasteiger charge is 2.31. The fourth-order valence-electron chi connectivity index (χ4n) is 3.25. The number of carbonyl (C=O) groups is 1. The molecule has 1 atom stereocenters. The summed E-state index contributed by atoms with van der Waals surface area (Å²) in [5.41, 5.74) is 2.19. The van der Waals surface area contributed by atoms with Gasteiger partial charge in [-0.05, 0) is 18.1 Å². The van der Waals surface area contributed by atoms with E-state index in [4.69, 9.17) is 9.47 Å². The van der Waals surface area contributed by atoms with Crippen LogP contribution in [0.2, 0.25) is 0 Å². The molecule has 0 bridgehead atoms. The smallest absolute Gasteiger partial charge is 0.240 e. The summed E-state index contributed by atoms with van der Waals surface area (Å²) in [6.07, 6.45) is 0.831. The first-order chi connectivity index (χ1) is 11.8. The van der Waals surface area contributed by atoms with E-state index in [-0.39, 0.29) is 18.7 Å². The molecule has 0 spiro atoms. The SMILES string of the molecule is O=C1C(NCc2cccc3c2OCO3)CCN1Cc1ccccc1. The molecular weight excluding hydrogens is 304 g/mol. The standard InChI is InChI=1S/C19H20N2O3/c22-19-16(9-10-21(19)12-14-5-2-1-3-6-14)20-11-15-7-4-8-17-18(15)24-13-23-17/h1-8,16,20H,9-13H2. The molecule has 1 saturated heterocycles. The van der Waals surface area contributed by atoms with Crippen LogP contribution in [-0.4, -0.2) is 30.2 Å². The van der Waals surface area contributed by atoms with Crippen LogP contribution in [0.5, 0.6) is 11.5 Å². The molecule has 0 saturated carbocycles. The van der Waals surface area contributed by atoms with Crippen LogP contribution in [0.25, 0.3) is 0 Å². The normalized spacial score (nSPS) is 19.1. The topological polar surface area (TPSA) is 50.8 Å². The number of nitrogens with one attached hydrogen (secondary N) is 1. The van der Waals surface area contributed by atoms with Gasteiger partial charge in [-0.25, -0.2) is 0 Å². The highest BCUT2D eigenvalue weighted by atomic mass is 16.7. The lowest BCUT2D eigenvalue weighted by atomic mass is 10.1. The maximum atomic E-state index is 12.6. The quantitative estimate of drug-likeness (QED) is 0.917. The fraction of sp³-hybridized carbons (Fsp3) is 0.316. The van der Waals surface area contributed by atoms with Gasteiger partial charge in [0.2, 0.25) is 12.7 Å². The number of benzene rings is 2. The summed E-state index contributed by atoms with van der Waals surface area (Å²) < 4.78 is 10.9. The third-order valence-electron chi connectivity index (χ3n) is 4.53. The molecule has 0 aliphatic carbocycles. The molecule has 124 valence electrons. The Morgan fingerprint density at radius 3 is 2.83 bits per heavy atom. The van der Waals surface area contributed by atoms with Crippen LogP contribution in [0.4, 0.5) is 0 Å². The van der Waals surface area contributed by atoms with Crippen molar-refractivity contribution in [2.24, 2.45) is 0 Å². The van der Waals surface area contributed by atoms with E-state index in [2.05, 4.69) is 17.4 Å². The Labute approximate surface area is 141 Å². The van der Waals surface area contributed by atoms with Gasteiger partial charge < -0.3 is 19.7 Å². The molecule has 5 heteroatoms. The summed E-state index contributed by atoms with van der Waals surface area (Å²) in [5.74, 6) is 1.73. The first kappa shape index (κ1) is 15.0. The Balaban J connectivity index is 1.37. The maximum absolute atomic E-state index is 12.6. The molecular formula is C19H20N2O3. The molecule has 0 aromatic heterocycles. The lowest BCUT2D eigenvalue weighted by Gasteiger charge is -2.17. The van der Waals surface area contributed by atoms with Gasteiger partial charge in [-0.3, -0.25) is 4.79 Å². The molecule has 2 aliphatic rings. The monoisotopic (exact) mass is 324 g/mol. The van der Waals surface area contributed by atoms with Crippen molar-refractivity contribution < 1.29 is 14.3 Å². The Hall–Kier alpha value is -2.53. The molecule has 4 rings (SSSR count). The van der Waals surface area contributed by atoms with Gasteiger partial charge in [-0.2, -0.15) is 0 Å². The van der Waals surface area contributed by atoms with Crippen molar-refractivity contribution in [3.63, 3.8) is 0 Å². The fourth-order valence-corrected chi connectivity index (χ4v) is 3.25. The van der Waals surface area contributed by atoms with E-state index in [0.717, 1.165) is 35.6 Å². The zero-order valence-electron chi connectivity index (χ0n) is 13.4. The number of rotatable bonds is 5. The summed E-state index contributed by atoms with van der Waals surface area (Å²) in [5, 5.41) is 3.37. The predicted molar refractivity (Wildman–Crippen MR) is 89.7 cm³/mol. The minimum Gasteiger partial charge on any atom is -0.454 e. The number of fused-ring (bicyclic) bond motifs is 1. The summed E-state index contributed by atoms with van der Waals surface area (Å²) >= 11 is 0. The summed E-state index contributed by atoms with van der Waals surface area (Å²) in [7, 11) is 0. The van der Waals surface area contributed by atoms with Crippen LogP contribution >= 0.6 is 0 Å². The number of para-hydroxylation sites is 1. The van der Waals surface area contributed by atoms with Crippen molar-refractivity contribution in [3.05, 3.63) is 59.7 Å². The zero-order chi connectivity index (χ0) is 16.4. The maximum Gasteiger partial charge on any atom is 0.240 e. The molecule has 5 nitrogen and oxygen atoms in total. The van der Waals surface area contributed by atoms with Gasteiger partial charge in [-0.1, -0.05) is 42.5 Å². The second-order valence-corrected chi connectivity index (χ2v) is 6.12. The van der Waals surface area contributed by atoms with Crippen molar-refractivity contribution >= 4 is 5.91 Å². The second kappa shape index (κ2) is 6.53. The van der Waals surface area contributed by atoms with Gasteiger partial charge in [0, 0.05) is 25.2 Å². The molecule has 24 heavy (non-hydrogen) atoms. The van der Waals surface area contributed by atoms with Gasteiger partial charge >= 0.3 is 0 Å². The second-order valence-electron chi connectivity index (χ2n) is 6.12. The first-order valence-corrected chi connectivity index (χ1v) is 8.25. The number of nitrogens with zero attached hydrogens (tertiary/aromatic N) is 1. The van der Waals surface area contributed by atoms with E-state index >= 15 is 0 Å². The number of ether oxygens (including phenoxy) is 2. The Morgan fingerprint density at radius 1 is 1.08 bits per heavy atom. The number of likely N-dealkylation sites (tertiary alicyclic amines) is 1. The Morgan fingerprint density at radius 2 is 1.96 bits per heavy atom. The Kier molecular flexibility index (Phi) is 4.09. The molecule has 0 radical (unpaired) electrons. The van der Waals surface area contributed by atoms with Crippen molar-refractivity contribution in [2.45, 2.75) is 25.6 Å². The van der Waals surface area contributed by atoms with Crippen LogP contribution in [-0.2, 0) is 17.9 Å². The zero-order valence-corrected chi connectivity index (χ0v) is 13.4. The van der Waals surface area contributed by atoms with E-state index in [1.54, 1.807) is 0 Å². The molecule has 1 amide bonds. The lowest BCUT2D eigenvalue weighted by Crippen LogP contribution is -2.37. The van der Waals surface area contributed by atoms with Crippen LogP contribution in [0.15, 0.2) is 48.5 Å². The highest BCUT2D eigenvalue weighted by molar-refractivity contribution is 5.84. The molecule has 2 aliphatic heterocycles. The Bertz CT molecular complexity index is 733. The van der Waals surface area contributed by atoms with Crippen molar-refractivity contribution in [2.75, 3.05) is 13.3 Å². The predicted octanol–water partition coefficient (Wildman–Crippen LogP) is 2.31. The summed E-state index contributed by atoms with van der Waals surface area (Å²) in [6.45, 7) is 2.33. The van der Waals surface area contributed by atoms with Crippen molar-refractivity contribution in [3.8, 4) is 11.5 Å². The number of hydrogen-bond donors (Lipinski definition) is 1. The third-order valence-corrected chi connectivity index (χ3v) is 4.53. The molecule has 2 aromatic carbocycles. The van der Waals surface area contributed by atoms with Crippen LogP contribution in [0.3, 0.4) is 0 Å². The average Bonchev–Trinajstić information content (AvgIpc) is 3.22. The molecule has 1 fully saturated rings. The summed E-state index contributed by atoms with van der Waals surface area (Å²) in [6, 6.07) is 15.8. The molecule has 1 unspecified atom stereocenters. The number of amides is 1. The largest absolute Gasteiger partial charge is 0.454 e. The van der Waals surface area contributed by atoms with E-state index in [0.29, 0.717) is 13.1 Å². The number of hydrogen-bond acceptors (Lipinski definition) is 4. The van der Waals surface area contributed by atoms with Crippen molar-refractivity contribution in [1.82, 2.24) is 10.2 Å². The van der Waals surface area contributed by atoms with Crippen molar-refractivity contribution in [1.29, 1.82) is 0 Å². The van der Waals surface area contributed by atoms with E-state index < -0.39 is 0 Å². The third kappa shape index (κ3) is 2.95. The van der Waals surface area contributed by atoms with Crippen LogP contribution in [0, 0.1) is 0 Å². The van der Waals surface area contributed by atoms with Gasteiger partial charge in [-0.15, -0.1) is 0 Å². The minimum absolute atomic E-state index is 0.133. The van der Waals surface area contributed by atoms with E-state index in [1.807, 2.05) is 41.3 Å². The van der Waals surface area contributed by atoms with E-state index in [9.17, 15) is 4.79 Å². The highest BCUT2D eigenvalue weighted by Crippen LogP contribution is 2.35. The van der Waals surface area contributed by atoms with Crippen LogP contribution < -0.4 is 14.8 Å². The molecule has 1 N–H and O–H groups in total. The van der Waals surface area contributed by atoms with Gasteiger partial charge in [0.25, 0.3) is 0 Å². The minimum atomic E-state index is -0.133. The van der Waals surface area contributed by atoms with Gasteiger partial charge in [0.15, 0.2) is 11.5 Å². The first-order valence-electron chi connectivity index (χ1n) is 8.25. The molecule has 2 aromatic rings. The van der Waals surface area contributed by atoms with Gasteiger partial charge in [0.05, 0.1) is 6.04 Å². The lowest BCUT2D eigenvalue weighted by molar-refractivity contribution is -0.129. The van der Waals surface area contributed by atoms with Gasteiger partial charge in [0.1, 0.15) is 0 Å². The summed E-state index contributed by atoms with van der Waals surface area (Å²) in [4.78, 5) is 14.5. The van der Waals surface area contributed by atoms with Crippen LogP contribution in [0.1, 0.15) is 17.5 Å².